The Morgan fingerprint density at radius 3 is 2.50 bits per heavy atom. The lowest BCUT2D eigenvalue weighted by atomic mass is 10.3. The molecule has 0 N–H and O–H groups in total. The van der Waals surface area contributed by atoms with Gasteiger partial charge in [0, 0.05) is 26.6 Å². The molecule has 0 fully saturated rings. The Morgan fingerprint density at radius 1 is 1.33 bits per heavy atom. The molecule has 0 aliphatic rings. The summed E-state index contributed by atoms with van der Waals surface area (Å²) in [6, 6.07) is 7.56. The van der Waals surface area contributed by atoms with Crippen LogP contribution in [0.15, 0.2) is 36.4 Å². The fourth-order valence-electron chi connectivity index (χ4n) is 1.38. The van der Waals surface area contributed by atoms with Gasteiger partial charge >= 0.3 is 5.97 Å². The standard InChI is InChI=1S/C14H19NO3/c1-10(2)14(16)18-11(3)17-13-9-7-6-8-12(13)15(4)5/h6-9,11H,1H2,2-5H3. The zero-order valence-electron chi connectivity index (χ0n) is 11.3. The lowest BCUT2D eigenvalue weighted by molar-refractivity contribution is -0.156. The van der Waals surface area contributed by atoms with Crippen LogP contribution in [0.2, 0.25) is 0 Å². The number of nitrogens with zero attached hydrogens (tertiary/aromatic N) is 1. The van der Waals surface area contributed by atoms with E-state index in [-0.39, 0.29) is 0 Å². The second kappa shape index (κ2) is 6.10. The largest absolute Gasteiger partial charge is 0.453 e. The van der Waals surface area contributed by atoms with E-state index in [0.717, 1.165) is 5.69 Å². The van der Waals surface area contributed by atoms with E-state index < -0.39 is 12.3 Å². The van der Waals surface area contributed by atoms with E-state index in [2.05, 4.69) is 6.58 Å². The van der Waals surface area contributed by atoms with Crippen LogP contribution in [0.4, 0.5) is 5.69 Å². The van der Waals surface area contributed by atoms with Crippen molar-refractivity contribution < 1.29 is 14.3 Å². The lowest BCUT2D eigenvalue weighted by Gasteiger charge is -2.21. The number of para-hydroxylation sites is 2. The smallest absolute Gasteiger partial charge is 0.336 e. The maximum absolute atomic E-state index is 11.4. The highest BCUT2D eigenvalue weighted by Gasteiger charge is 2.13. The number of ether oxygens (including phenoxy) is 2. The van der Waals surface area contributed by atoms with Crippen molar-refractivity contribution in [2.75, 3.05) is 19.0 Å². The van der Waals surface area contributed by atoms with Crippen LogP contribution in [0.5, 0.6) is 5.75 Å². The molecule has 18 heavy (non-hydrogen) atoms. The Hall–Kier alpha value is -1.97. The Balaban J connectivity index is 2.73. The fraction of sp³-hybridized carbons (Fsp3) is 0.357. The van der Waals surface area contributed by atoms with Crippen LogP contribution in [0, 0.1) is 0 Å². The van der Waals surface area contributed by atoms with Gasteiger partial charge in [-0.1, -0.05) is 18.7 Å². The summed E-state index contributed by atoms with van der Waals surface area (Å²) in [6.07, 6.45) is -0.657. The van der Waals surface area contributed by atoms with Gasteiger partial charge < -0.3 is 14.4 Å². The third-order valence-corrected chi connectivity index (χ3v) is 2.26. The number of benzene rings is 1. The van der Waals surface area contributed by atoms with Crippen LogP contribution in [0.1, 0.15) is 13.8 Å². The molecule has 1 aromatic rings. The van der Waals surface area contributed by atoms with E-state index in [1.165, 1.54) is 0 Å². The van der Waals surface area contributed by atoms with Gasteiger partial charge in [-0.3, -0.25) is 0 Å². The first-order valence-electron chi connectivity index (χ1n) is 5.71. The number of anilines is 1. The second-order valence-electron chi connectivity index (χ2n) is 4.23. The molecule has 0 aliphatic heterocycles. The maximum atomic E-state index is 11.4. The van der Waals surface area contributed by atoms with Gasteiger partial charge in [-0.2, -0.15) is 0 Å². The third-order valence-electron chi connectivity index (χ3n) is 2.26. The average molecular weight is 249 g/mol. The van der Waals surface area contributed by atoms with Gasteiger partial charge in [-0.05, 0) is 19.1 Å². The van der Waals surface area contributed by atoms with Gasteiger partial charge in [0.1, 0.15) is 5.75 Å². The van der Waals surface area contributed by atoms with Crippen molar-refractivity contribution in [2.24, 2.45) is 0 Å². The van der Waals surface area contributed by atoms with Crippen molar-refractivity contribution in [2.45, 2.75) is 20.1 Å². The highest BCUT2D eigenvalue weighted by molar-refractivity contribution is 5.87. The Bertz CT molecular complexity index is 440. The van der Waals surface area contributed by atoms with Crippen LogP contribution in [0.25, 0.3) is 0 Å². The third kappa shape index (κ3) is 3.80. The molecule has 0 heterocycles. The molecular weight excluding hydrogens is 230 g/mol. The first-order chi connectivity index (χ1) is 8.41. The zero-order valence-corrected chi connectivity index (χ0v) is 11.3. The summed E-state index contributed by atoms with van der Waals surface area (Å²) in [5.41, 5.74) is 1.28. The van der Waals surface area contributed by atoms with Crippen LogP contribution in [0.3, 0.4) is 0 Å². The molecule has 0 aromatic heterocycles. The van der Waals surface area contributed by atoms with Gasteiger partial charge in [0.05, 0.1) is 5.69 Å². The first-order valence-corrected chi connectivity index (χ1v) is 5.71. The molecule has 1 aromatic carbocycles. The van der Waals surface area contributed by atoms with Crippen LogP contribution in [-0.2, 0) is 9.53 Å². The van der Waals surface area contributed by atoms with Crippen LogP contribution >= 0.6 is 0 Å². The van der Waals surface area contributed by atoms with Crippen molar-refractivity contribution in [1.29, 1.82) is 0 Å². The minimum atomic E-state index is -0.657. The van der Waals surface area contributed by atoms with E-state index >= 15 is 0 Å². The maximum Gasteiger partial charge on any atom is 0.336 e. The number of hydrogen-bond acceptors (Lipinski definition) is 4. The quantitative estimate of drug-likeness (QED) is 0.457. The molecule has 0 bridgehead atoms. The minimum Gasteiger partial charge on any atom is -0.453 e. The van der Waals surface area contributed by atoms with Gasteiger partial charge in [-0.15, -0.1) is 0 Å². The van der Waals surface area contributed by atoms with Crippen molar-refractivity contribution in [3.8, 4) is 5.75 Å². The SMILES string of the molecule is C=C(C)C(=O)OC(C)Oc1ccccc1N(C)C. The molecule has 0 spiro atoms. The molecule has 0 saturated carbocycles. The van der Waals surface area contributed by atoms with E-state index in [1.54, 1.807) is 13.8 Å². The summed E-state index contributed by atoms with van der Waals surface area (Å²) >= 11 is 0. The number of esters is 1. The predicted molar refractivity (Wildman–Crippen MR) is 71.8 cm³/mol. The Labute approximate surface area is 108 Å². The Morgan fingerprint density at radius 2 is 1.94 bits per heavy atom. The summed E-state index contributed by atoms with van der Waals surface area (Å²) in [7, 11) is 3.85. The number of carbonyl (C=O) groups excluding carboxylic acids is 1. The number of hydrogen-bond donors (Lipinski definition) is 0. The fourth-order valence-corrected chi connectivity index (χ4v) is 1.38. The second-order valence-corrected chi connectivity index (χ2v) is 4.23. The summed E-state index contributed by atoms with van der Waals surface area (Å²) in [4.78, 5) is 13.3. The van der Waals surface area contributed by atoms with Crippen molar-refractivity contribution in [3.05, 3.63) is 36.4 Å². The molecule has 1 atom stereocenters. The van der Waals surface area contributed by atoms with E-state index in [4.69, 9.17) is 9.47 Å². The first kappa shape index (κ1) is 14.1. The van der Waals surface area contributed by atoms with Gasteiger partial charge in [0.2, 0.25) is 6.29 Å². The van der Waals surface area contributed by atoms with Gasteiger partial charge in [0.15, 0.2) is 0 Å². The summed E-state index contributed by atoms with van der Waals surface area (Å²) in [5.74, 6) is 0.217. The summed E-state index contributed by atoms with van der Waals surface area (Å²) in [5, 5.41) is 0. The normalized spacial score (nSPS) is 11.6. The van der Waals surface area contributed by atoms with E-state index in [0.29, 0.717) is 11.3 Å². The molecule has 98 valence electrons. The molecule has 1 rings (SSSR count). The van der Waals surface area contributed by atoms with Crippen LogP contribution in [-0.4, -0.2) is 26.4 Å². The summed E-state index contributed by atoms with van der Waals surface area (Å²) < 4.78 is 10.7. The molecular formula is C14H19NO3. The molecule has 0 aliphatic carbocycles. The molecule has 4 heteroatoms. The number of carbonyl (C=O) groups is 1. The molecule has 0 radical (unpaired) electrons. The highest BCUT2D eigenvalue weighted by atomic mass is 16.7. The van der Waals surface area contributed by atoms with Crippen molar-refractivity contribution in [1.82, 2.24) is 0 Å². The van der Waals surface area contributed by atoms with Gasteiger partial charge in [0.25, 0.3) is 0 Å². The minimum absolute atomic E-state index is 0.353. The molecule has 0 amide bonds. The molecule has 4 nitrogen and oxygen atoms in total. The van der Waals surface area contributed by atoms with E-state index in [9.17, 15) is 4.79 Å². The van der Waals surface area contributed by atoms with Crippen LogP contribution < -0.4 is 9.64 Å². The molecule has 0 saturated heterocycles. The monoisotopic (exact) mass is 249 g/mol. The number of rotatable bonds is 5. The van der Waals surface area contributed by atoms with Crippen molar-refractivity contribution in [3.63, 3.8) is 0 Å². The highest BCUT2D eigenvalue weighted by Crippen LogP contribution is 2.27. The molecule has 1 unspecified atom stereocenters. The zero-order chi connectivity index (χ0) is 13.7. The average Bonchev–Trinajstić information content (AvgIpc) is 2.28. The van der Waals surface area contributed by atoms with E-state index in [1.807, 2.05) is 43.3 Å². The van der Waals surface area contributed by atoms with Crippen molar-refractivity contribution >= 4 is 11.7 Å². The Kier molecular flexibility index (Phi) is 4.77. The predicted octanol–water partition coefficient (Wildman–Crippen LogP) is 2.60. The van der Waals surface area contributed by atoms with Gasteiger partial charge in [-0.25, -0.2) is 4.79 Å². The lowest BCUT2D eigenvalue weighted by Crippen LogP contribution is -2.22. The topological polar surface area (TPSA) is 38.8 Å². The summed E-state index contributed by atoms with van der Waals surface area (Å²) in [6.45, 7) is 6.80.